The number of piperidine rings is 1. The largest absolute Gasteiger partial charge is 0.465 e. The number of hydrogen-bond acceptors (Lipinski definition) is 3. The number of nitrogens with zero attached hydrogens (tertiary/aromatic N) is 3. The molecule has 110 valence electrons. The quantitative estimate of drug-likeness (QED) is 0.878. The van der Waals surface area contributed by atoms with E-state index in [1.165, 1.54) is 11.2 Å². The van der Waals surface area contributed by atoms with Crippen LogP contribution in [0.4, 0.5) is 13.6 Å². The number of carbonyl (C=O) groups is 1. The van der Waals surface area contributed by atoms with E-state index in [0.29, 0.717) is 42.5 Å². The van der Waals surface area contributed by atoms with Gasteiger partial charge in [-0.25, -0.2) is 23.5 Å². The fourth-order valence-electron chi connectivity index (χ4n) is 2.74. The van der Waals surface area contributed by atoms with Gasteiger partial charge in [-0.3, -0.25) is 0 Å². The average Bonchev–Trinajstić information content (AvgIpc) is 2.48. The molecule has 1 aromatic heterocycles. The van der Waals surface area contributed by atoms with Crippen molar-refractivity contribution < 1.29 is 18.7 Å². The zero-order valence-corrected chi connectivity index (χ0v) is 11.1. The molecule has 0 spiro atoms. The number of hydrogen-bond donors (Lipinski definition) is 1. The number of halogens is 2. The lowest BCUT2D eigenvalue weighted by atomic mass is 9.91. The summed E-state index contributed by atoms with van der Waals surface area (Å²) in [5.41, 5.74) is 1.02. The Morgan fingerprint density at radius 1 is 1.19 bits per heavy atom. The third-order valence-corrected chi connectivity index (χ3v) is 3.86. The molecule has 1 fully saturated rings. The van der Waals surface area contributed by atoms with E-state index in [-0.39, 0.29) is 5.92 Å². The molecule has 0 atom stereocenters. The van der Waals surface area contributed by atoms with Crippen LogP contribution in [0.2, 0.25) is 0 Å². The Kier molecular flexibility index (Phi) is 3.40. The monoisotopic (exact) mass is 293 g/mol. The zero-order valence-electron chi connectivity index (χ0n) is 11.1. The second-order valence-electron chi connectivity index (χ2n) is 5.09. The molecule has 0 unspecified atom stereocenters. The third-order valence-electron chi connectivity index (χ3n) is 3.86. The molecule has 1 aliphatic rings. The van der Waals surface area contributed by atoms with E-state index in [9.17, 15) is 13.6 Å². The maximum atomic E-state index is 13.4. The predicted molar refractivity (Wildman–Crippen MR) is 71.0 cm³/mol. The number of fused-ring (bicyclic) bond motifs is 1. The van der Waals surface area contributed by atoms with Crippen LogP contribution in [0, 0.1) is 11.6 Å². The number of likely N-dealkylation sites (tertiary alicyclic amines) is 1. The van der Waals surface area contributed by atoms with Gasteiger partial charge in [0.25, 0.3) is 0 Å². The van der Waals surface area contributed by atoms with Crippen LogP contribution in [0.1, 0.15) is 24.5 Å². The minimum absolute atomic E-state index is 0.0240. The van der Waals surface area contributed by atoms with Crippen LogP contribution >= 0.6 is 0 Å². The molecule has 0 aliphatic carbocycles. The molecular weight excluding hydrogens is 280 g/mol. The van der Waals surface area contributed by atoms with E-state index in [1.807, 2.05) is 0 Å². The first-order valence-electron chi connectivity index (χ1n) is 6.64. The first-order chi connectivity index (χ1) is 10.1. The lowest BCUT2D eigenvalue weighted by Gasteiger charge is -2.30. The lowest BCUT2D eigenvalue weighted by Crippen LogP contribution is -2.37. The van der Waals surface area contributed by atoms with E-state index in [1.54, 1.807) is 0 Å². The maximum Gasteiger partial charge on any atom is 0.407 e. The zero-order chi connectivity index (χ0) is 15.0. The van der Waals surface area contributed by atoms with Crippen LogP contribution < -0.4 is 0 Å². The van der Waals surface area contributed by atoms with Crippen molar-refractivity contribution in [2.24, 2.45) is 0 Å². The van der Waals surface area contributed by atoms with Gasteiger partial charge in [-0.2, -0.15) is 0 Å². The van der Waals surface area contributed by atoms with Crippen molar-refractivity contribution in [1.82, 2.24) is 14.9 Å². The van der Waals surface area contributed by atoms with Crippen LogP contribution in [-0.4, -0.2) is 39.2 Å². The highest BCUT2D eigenvalue weighted by Gasteiger charge is 2.26. The summed E-state index contributed by atoms with van der Waals surface area (Å²) in [6.07, 6.45) is 1.61. The molecule has 1 saturated heterocycles. The first kappa shape index (κ1) is 13.7. The van der Waals surface area contributed by atoms with Crippen LogP contribution in [-0.2, 0) is 0 Å². The highest BCUT2D eigenvalue weighted by atomic mass is 19.2. The summed E-state index contributed by atoms with van der Waals surface area (Å²) in [5, 5.41) is 9.43. The molecule has 1 aliphatic heterocycles. The standard InChI is InChI=1S/C14H13F2N3O2/c15-10-5-9-12(6-11(10)16)17-7-18-13(9)8-1-3-19(4-2-8)14(20)21/h5-8H,1-4H2,(H,20,21). The van der Waals surface area contributed by atoms with Crippen molar-refractivity contribution in [3.8, 4) is 0 Å². The van der Waals surface area contributed by atoms with Crippen LogP contribution in [0.5, 0.6) is 0 Å². The van der Waals surface area contributed by atoms with E-state index in [4.69, 9.17) is 5.11 Å². The number of amides is 1. The van der Waals surface area contributed by atoms with Gasteiger partial charge in [-0.1, -0.05) is 0 Å². The van der Waals surface area contributed by atoms with Gasteiger partial charge in [0, 0.05) is 30.5 Å². The minimum Gasteiger partial charge on any atom is -0.465 e. The molecule has 0 radical (unpaired) electrons. The molecular formula is C14H13F2N3O2. The maximum absolute atomic E-state index is 13.4. The molecule has 0 saturated carbocycles. The highest BCUT2D eigenvalue weighted by Crippen LogP contribution is 2.31. The Balaban J connectivity index is 1.94. The van der Waals surface area contributed by atoms with Gasteiger partial charge in [-0.15, -0.1) is 0 Å². The van der Waals surface area contributed by atoms with Crippen molar-refractivity contribution in [2.75, 3.05) is 13.1 Å². The van der Waals surface area contributed by atoms with E-state index in [0.717, 1.165) is 12.1 Å². The summed E-state index contributed by atoms with van der Waals surface area (Å²) >= 11 is 0. The summed E-state index contributed by atoms with van der Waals surface area (Å²) in [5.74, 6) is -1.84. The second kappa shape index (κ2) is 5.23. The van der Waals surface area contributed by atoms with Crippen molar-refractivity contribution in [3.05, 3.63) is 35.8 Å². The summed E-state index contributed by atoms with van der Waals surface area (Å²) < 4.78 is 26.7. The van der Waals surface area contributed by atoms with Crippen molar-refractivity contribution in [1.29, 1.82) is 0 Å². The van der Waals surface area contributed by atoms with E-state index in [2.05, 4.69) is 9.97 Å². The van der Waals surface area contributed by atoms with Gasteiger partial charge >= 0.3 is 6.09 Å². The van der Waals surface area contributed by atoms with Crippen molar-refractivity contribution in [3.63, 3.8) is 0 Å². The second-order valence-corrected chi connectivity index (χ2v) is 5.09. The summed E-state index contributed by atoms with van der Waals surface area (Å²) in [4.78, 5) is 20.4. The van der Waals surface area contributed by atoms with Crippen molar-refractivity contribution in [2.45, 2.75) is 18.8 Å². The lowest BCUT2D eigenvalue weighted by molar-refractivity contribution is 0.132. The topological polar surface area (TPSA) is 66.3 Å². The Morgan fingerprint density at radius 2 is 1.86 bits per heavy atom. The Labute approximate surface area is 119 Å². The first-order valence-corrected chi connectivity index (χ1v) is 6.64. The van der Waals surface area contributed by atoms with Gasteiger partial charge in [0.15, 0.2) is 11.6 Å². The molecule has 7 heteroatoms. The molecule has 5 nitrogen and oxygen atoms in total. The summed E-state index contributed by atoms with van der Waals surface area (Å²) in [6, 6.07) is 2.17. The summed E-state index contributed by atoms with van der Waals surface area (Å²) in [6.45, 7) is 0.824. The molecule has 3 rings (SSSR count). The molecule has 2 heterocycles. The molecule has 1 N–H and O–H groups in total. The Bertz CT molecular complexity index is 700. The van der Waals surface area contributed by atoms with Crippen molar-refractivity contribution >= 4 is 17.0 Å². The normalized spacial score (nSPS) is 16.4. The van der Waals surface area contributed by atoms with Gasteiger partial charge in [-0.05, 0) is 18.9 Å². The summed E-state index contributed by atoms with van der Waals surface area (Å²) in [7, 11) is 0. The number of rotatable bonds is 1. The number of benzene rings is 1. The molecule has 21 heavy (non-hydrogen) atoms. The third kappa shape index (κ3) is 2.51. The Morgan fingerprint density at radius 3 is 2.52 bits per heavy atom. The Hall–Kier alpha value is -2.31. The van der Waals surface area contributed by atoms with Crippen LogP contribution in [0.15, 0.2) is 18.5 Å². The van der Waals surface area contributed by atoms with E-state index < -0.39 is 17.7 Å². The van der Waals surface area contributed by atoms with Gasteiger partial charge in [0.2, 0.25) is 0 Å². The minimum atomic E-state index is -0.937. The fraction of sp³-hybridized carbons (Fsp3) is 0.357. The highest BCUT2D eigenvalue weighted by molar-refractivity contribution is 5.81. The predicted octanol–water partition coefficient (Wildman–Crippen LogP) is 2.77. The smallest absolute Gasteiger partial charge is 0.407 e. The fourth-order valence-corrected chi connectivity index (χ4v) is 2.74. The molecule has 2 aromatic rings. The average molecular weight is 293 g/mol. The molecule has 1 amide bonds. The SMILES string of the molecule is O=C(O)N1CCC(c2ncnc3cc(F)c(F)cc23)CC1. The van der Waals surface area contributed by atoms with Gasteiger partial charge in [0.1, 0.15) is 6.33 Å². The van der Waals surface area contributed by atoms with Crippen LogP contribution in [0.3, 0.4) is 0 Å². The number of carboxylic acid groups (broad SMARTS) is 1. The van der Waals surface area contributed by atoms with Gasteiger partial charge < -0.3 is 10.0 Å². The molecule has 1 aromatic carbocycles. The van der Waals surface area contributed by atoms with Crippen LogP contribution in [0.25, 0.3) is 10.9 Å². The number of aromatic nitrogens is 2. The molecule has 0 bridgehead atoms. The van der Waals surface area contributed by atoms with E-state index >= 15 is 0 Å². The van der Waals surface area contributed by atoms with Gasteiger partial charge in [0.05, 0.1) is 11.2 Å².